The van der Waals surface area contributed by atoms with Crippen LogP contribution in [0.4, 0.5) is 0 Å². The molecule has 0 fully saturated rings. The first-order valence-corrected chi connectivity index (χ1v) is 7.01. The van der Waals surface area contributed by atoms with Crippen molar-refractivity contribution in [2.75, 3.05) is 13.7 Å². The van der Waals surface area contributed by atoms with Crippen LogP contribution in [0.5, 0.6) is 11.5 Å². The third-order valence-corrected chi connectivity index (χ3v) is 3.21. The molecule has 0 spiro atoms. The summed E-state index contributed by atoms with van der Waals surface area (Å²) in [7, 11) is 1.56. The molecule has 0 aliphatic heterocycles. The first-order chi connectivity index (χ1) is 11.3. The molecule has 0 amide bonds. The minimum atomic E-state index is -0.0194. The fourth-order valence-electron chi connectivity index (χ4n) is 2.15. The van der Waals surface area contributed by atoms with Crippen LogP contribution in [0.25, 0.3) is 23.3 Å². The van der Waals surface area contributed by atoms with Gasteiger partial charge in [-0.3, -0.25) is 0 Å². The summed E-state index contributed by atoms with van der Waals surface area (Å²) >= 11 is 0. The second-order valence-electron chi connectivity index (χ2n) is 4.71. The Labute approximate surface area is 133 Å². The normalized spacial score (nSPS) is 10.8. The zero-order valence-corrected chi connectivity index (χ0v) is 12.5. The monoisotopic (exact) mass is 306 g/mol. The molecule has 0 saturated carbocycles. The number of nitrogens with zero attached hydrogens (tertiary/aromatic N) is 2. The van der Waals surface area contributed by atoms with Crippen molar-refractivity contribution < 1.29 is 13.9 Å². The van der Waals surface area contributed by atoms with E-state index in [1.807, 2.05) is 48.5 Å². The van der Waals surface area contributed by atoms with E-state index in [0.717, 1.165) is 16.7 Å². The van der Waals surface area contributed by atoms with E-state index in [1.54, 1.807) is 19.3 Å². The van der Waals surface area contributed by atoms with Crippen molar-refractivity contribution in [3.63, 3.8) is 0 Å². The fraction of sp³-hybridized carbons (Fsp3) is 0.111. The summed E-state index contributed by atoms with van der Waals surface area (Å²) in [6.45, 7) is -0.0194. The molecule has 1 aromatic heterocycles. The average molecular weight is 306 g/mol. The van der Waals surface area contributed by atoms with Gasteiger partial charge in [-0.2, -0.15) is 5.26 Å². The van der Waals surface area contributed by atoms with Gasteiger partial charge in [-0.05, 0) is 35.9 Å². The Morgan fingerprint density at radius 2 is 2.04 bits per heavy atom. The molecular weight excluding hydrogens is 292 g/mol. The number of aromatic nitrogens is 1. The van der Waals surface area contributed by atoms with Crippen LogP contribution < -0.4 is 9.47 Å². The molecule has 0 atom stereocenters. The molecule has 0 aliphatic rings. The summed E-state index contributed by atoms with van der Waals surface area (Å²) in [6, 6.07) is 15.0. The third kappa shape index (κ3) is 3.33. The van der Waals surface area contributed by atoms with Crippen molar-refractivity contribution in [2.24, 2.45) is 0 Å². The number of oxazole rings is 1. The van der Waals surface area contributed by atoms with Gasteiger partial charge >= 0.3 is 0 Å². The second-order valence-corrected chi connectivity index (χ2v) is 4.71. The Hall–Kier alpha value is -3.26. The summed E-state index contributed by atoms with van der Waals surface area (Å²) in [4.78, 5) is 4.38. The van der Waals surface area contributed by atoms with Crippen LogP contribution in [0.3, 0.4) is 0 Å². The average Bonchev–Trinajstić information content (AvgIpc) is 3.01. The number of nitriles is 1. The number of para-hydroxylation sites is 2. The maximum Gasteiger partial charge on any atom is 0.220 e. The number of hydrogen-bond donors (Lipinski definition) is 0. The highest BCUT2D eigenvalue weighted by Gasteiger charge is 2.05. The van der Waals surface area contributed by atoms with Crippen LogP contribution in [0.1, 0.15) is 11.5 Å². The highest BCUT2D eigenvalue weighted by Crippen LogP contribution is 2.28. The van der Waals surface area contributed by atoms with Crippen molar-refractivity contribution in [1.82, 2.24) is 4.98 Å². The van der Waals surface area contributed by atoms with Gasteiger partial charge in [0.05, 0.1) is 7.11 Å². The zero-order chi connectivity index (χ0) is 16.1. The maximum atomic E-state index is 8.57. The highest BCUT2D eigenvalue weighted by molar-refractivity contribution is 5.76. The van der Waals surface area contributed by atoms with Crippen molar-refractivity contribution in [3.8, 4) is 17.6 Å². The summed E-state index contributed by atoms with van der Waals surface area (Å²) in [5.41, 5.74) is 2.49. The lowest BCUT2D eigenvalue weighted by Gasteiger charge is -2.08. The summed E-state index contributed by atoms with van der Waals surface area (Å²) in [6.07, 6.45) is 3.67. The molecule has 0 N–H and O–H groups in total. The van der Waals surface area contributed by atoms with Crippen molar-refractivity contribution >= 4 is 23.3 Å². The predicted molar refractivity (Wildman–Crippen MR) is 87.0 cm³/mol. The van der Waals surface area contributed by atoms with Gasteiger partial charge < -0.3 is 13.9 Å². The summed E-state index contributed by atoms with van der Waals surface area (Å²) in [5, 5.41) is 8.57. The molecule has 23 heavy (non-hydrogen) atoms. The van der Waals surface area contributed by atoms with Gasteiger partial charge in [-0.1, -0.05) is 18.2 Å². The van der Waals surface area contributed by atoms with Crippen LogP contribution in [-0.4, -0.2) is 18.7 Å². The Kier molecular flexibility index (Phi) is 4.25. The van der Waals surface area contributed by atoms with E-state index < -0.39 is 0 Å². The van der Waals surface area contributed by atoms with E-state index in [9.17, 15) is 0 Å². The number of hydrogen-bond acceptors (Lipinski definition) is 5. The van der Waals surface area contributed by atoms with Gasteiger partial charge in [-0.15, -0.1) is 0 Å². The minimum absolute atomic E-state index is 0.0194. The van der Waals surface area contributed by atoms with Crippen LogP contribution in [-0.2, 0) is 0 Å². The first kappa shape index (κ1) is 14.7. The lowest BCUT2D eigenvalue weighted by atomic mass is 10.2. The summed E-state index contributed by atoms with van der Waals surface area (Å²) < 4.78 is 16.2. The molecule has 1 heterocycles. The largest absolute Gasteiger partial charge is 0.493 e. The first-order valence-electron chi connectivity index (χ1n) is 7.01. The highest BCUT2D eigenvalue weighted by atomic mass is 16.5. The Morgan fingerprint density at radius 3 is 2.83 bits per heavy atom. The lowest BCUT2D eigenvalue weighted by molar-refractivity contribution is 0.329. The van der Waals surface area contributed by atoms with Crippen molar-refractivity contribution in [1.29, 1.82) is 5.26 Å². The summed E-state index contributed by atoms with van der Waals surface area (Å²) in [5.74, 6) is 1.64. The molecule has 0 aliphatic carbocycles. The predicted octanol–water partition coefficient (Wildman–Crippen LogP) is 3.91. The number of methoxy groups -OCH3 is 1. The Bertz CT molecular complexity index is 858. The van der Waals surface area contributed by atoms with E-state index in [2.05, 4.69) is 4.98 Å². The SMILES string of the molecule is COc1cc(/C=C/c2nc3ccccc3o2)ccc1OCC#N. The number of benzene rings is 2. The van der Waals surface area contributed by atoms with Gasteiger partial charge in [-0.25, -0.2) is 4.98 Å². The van der Waals surface area contributed by atoms with Gasteiger partial charge in [0, 0.05) is 6.08 Å². The number of rotatable bonds is 5. The quantitative estimate of drug-likeness (QED) is 0.715. The smallest absolute Gasteiger partial charge is 0.220 e. The molecule has 0 radical (unpaired) electrons. The van der Waals surface area contributed by atoms with Gasteiger partial charge in [0.1, 0.15) is 11.6 Å². The molecule has 0 bridgehead atoms. The minimum Gasteiger partial charge on any atom is -0.493 e. The zero-order valence-electron chi connectivity index (χ0n) is 12.5. The Balaban J connectivity index is 1.82. The van der Waals surface area contributed by atoms with Crippen LogP contribution in [0, 0.1) is 11.3 Å². The van der Waals surface area contributed by atoms with Crippen molar-refractivity contribution in [2.45, 2.75) is 0 Å². The standard InChI is InChI=1S/C18H14N2O3/c1-21-17-12-13(6-8-16(17)22-11-10-19)7-9-18-20-14-4-2-3-5-15(14)23-18/h2-9,12H,11H2,1H3/b9-7+. The van der Waals surface area contributed by atoms with Crippen LogP contribution in [0.15, 0.2) is 46.9 Å². The van der Waals surface area contributed by atoms with E-state index in [1.165, 1.54) is 0 Å². The van der Waals surface area contributed by atoms with Gasteiger partial charge in [0.15, 0.2) is 23.7 Å². The van der Waals surface area contributed by atoms with Crippen molar-refractivity contribution in [3.05, 3.63) is 53.9 Å². The number of fused-ring (bicyclic) bond motifs is 1. The molecule has 0 saturated heterocycles. The fourth-order valence-corrected chi connectivity index (χ4v) is 2.15. The van der Waals surface area contributed by atoms with E-state index in [0.29, 0.717) is 17.4 Å². The topological polar surface area (TPSA) is 68.3 Å². The molecule has 5 heteroatoms. The molecule has 114 valence electrons. The Morgan fingerprint density at radius 1 is 1.17 bits per heavy atom. The third-order valence-electron chi connectivity index (χ3n) is 3.21. The van der Waals surface area contributed by atoms with Gasteiger partial charge in [0.2, 0.25) is 5.89 Å². The second kappa shape index (κ2) is 6.67. The van der Waals surface area contributed by atoms with E-state index in [-0.39, 0.29) is 6.61 Å². The molecule has 2 aromatic carbocycles. The van der Waals surface area contributed by atoms with Crippen LogP contribution in [0.2, 0.25) is 0 Å². The molecular formula is C18H14N2O3. The molecule has 5 nitrogen and oxygen atoms in total. The molecule has 3 aromatic rings. The maximum absolute atomic E-state index is 8.57. The van der Waals surface area contributed by atoms with Crippen LogP contribution >= 0.6 is 0 Å². The van der Waals surface area contributed by atoms with E-state index in [4.69, 9.17) is 19.2 Å². The lowest BCUT2D eigenvalue weighted by Crippen LogP contribution is -1.96. The number of ether oxygens (including phenoxy) is 2. The molecule has 3 rings (SSSR count). The molecule has 0 unspecified atom stereocenters. The van der Waals surface area contributed by atoms with E-state index >= 15 is 0 Å². The van der Waals surface area contributed by atoms with Gasteiger partial charge in [0.25, 0.3) is 0 Å².